The highest BCUT2D eigenvalue weighted by atomic mass is 35.5. The molecule has 0 aliphatic carbocycles. The first kappa shape index (κ1) is 27.3. The second-order valence-electron chi connectivity index (χ2n) is 8.92. The second-order valence-corrected chi connectivity index (χ2v) is 9.71. The highest BCUT2D eigenvalue weighted by molar-refractivity contribution is 7.80. The van der Waals surface area contributed by atoms with E-state index in [1.54, 1.807) is 36.5 Å². The van der Waals surface area contributed by atoms with E-state index in [4.69, 9.17) is 37.7 Å². The van der Waals surface area contributed by atoms with Crippen LogP contribution < -0.4 is 15.5 Å². The van der Waals surface area contributed by atoms with Crippen LogP contribution in [0.2, 0.25) is 5.02 Å². The third-order valence-electron chi connectivity index (χ3n) is 6.36. The van der Waals surface area contributed by atoms with E-state index >= 15 is 0 Å². The number of aromatic nitrogens is 1. The van der Waals surface area contributed by atoms with Crippen molar-refractivity contribution in [2.45, 2.75) is 12.1 Å². The summed E-state index contributed by atoms with van der Waals surface area (Å²) in [5.41, 5.74) is 3.07. The molecule has 11 heteroatoms. The third kappa shape index (κ3) is 5.55. The number of thiocarbonyl (C=S) groups is 1. The van der Waals surface area contributed by atoms with Crippen molar-refractivity contribution in [1.82, 2.24) is 10.3 Å². The number of anilines is 2. The molecule has 4 aromatic rings. The van der Waals surface area contributed by atoms with Crippen molar-refractivity contribution in [3.8, 4) is 11.3 Å². The first-order valence-corrected chi connectivity index (χ1v) is 13.1. The topological polar surface area (TPSA) is 106 Å². The second kappa shape index (κ2) is 11.9. The monoisotopic (exact) mass is 576 g/mol. The van der Waals surface area contributed by atoms with Crippen LogP contribution in [0.4, 0.5) is 11.4 Å². The first-order chi connectivity index (χ1) is 19.4. The van der Waals surface area contributed by atoms with Gasteiger partial charge in [-0.15, -0.1) is 0 Å². The molecule has 2 atom stereocenters. The number of benzene rings is 2. The Morgan fingerprint density at radius 1 is 1.10 bits per heavy atom. The molecular formula is C29H25ClN4O5S. The number of carbonyl (C=O) groups excluding carboxylic acids is 2. The number of rotatable bonds is 8. The molecule has 2 aromatic carbocycles. The summed E-state index contributed by atoms with van der Waals surface area (Å²) in [7, 11) is 2.79. The van der Waals surface area contributed by atoms with Crippen molar-refractivity contribution in [1.29, 1.82) is 0 Å². The number of nitrogens with one attached hydrogen (secondary N) is 2. The Balaban J connectivity index is 1.53. The molecular weight excluding hydrogens is 552 g/mol. The molecule has 0 spiro atoms. The number of esters is 1. The summed E-state index contributed by atoms with van der Waals surface area (Å²) in [6.07, 6.45) is 1.72. The minimum absolute atomic E-state index is 0.0879. The van der Waals surface area contributed by atoms with Crippen molar-refractivity contribution in [3.05, 3.63) is 101 Å². The number of hydrogen-bond donors (Lipinski definition) is 2. The number of halogens is 1. The maximum Gasteiger partial charge on any atom is 0.337 e. The fourth-order valence-electron chi connectivity index (χ4n) is 4.58. The van der Waals surface area contributed by atoms with Crippen LogP contribution >= 0.6 is 23.8 Å². The maximum absolute atomic E-state index is 12.1. The molecule has 40 heavy (non-hydrogen) atoms. The molecule has 0 bridgehead atoms. The van der Waals surface area contributed by atoms with E-state index in [1.165, 1.54) is 14.2 Å². The maximum atomic E-state index is 12.1. The van der Waals surface area contributed by atoms with Gasteiger partial charge in [-0.25, -0.2) is 4.79 Å². The van der Waals surface area contributed by atoms with Gasteiger partial charge in [-0.1, -0.05) is 29.8 Å². The molecule has 0 unspecified atom stereocenters. The summed E-state index contributed by atoms with van der Waals surface area (Å²) >= 11 is 12.3. The summed E-state index contributed by atoms with van der Waals surface area (Å²) in [6, 6.07) is 20.9. The number of nitrogens with zero attached hydrogens (tertiary/aromatic N) is 2. The third-order valence-corrected chi connectivity index (χ3v) is 6.99. The van der Waals surface area contributed by atoms with Crippen molar-refractivity contribution in [3.63, 3.8) is 0 Å². The minimum Gasteiger partial charge on any atom is -0.465 e. The fourth-order valence-corrected chi connectivity index (χ4v) is 5.15. The number of methoxy groups -OCH3 is 2. The largest absolute Gasteiger partial charge is 0.465 e. The lowest BCUT2D eigenvalue weighted by Crippen LogP contribution is -2.29. The average molecular weight is 577 g/mol. The van der Waals surface area contributed by atoms with Crippen molar-refractivity contribution in [2.75, 3.05) is 31.0 Å². The van der Waals surface area contributed by atoms with Crippen LogP contribution in [-0.2, 0) is 14.3 Å². The molecule has 1 saturated heterocycles. The molecule has 1 aliphatic rings. The van der Waals surface area contributed by atoms with E-state index in [9.17, 15) is 9.59 Å². The van der Waals surface area contributed by atoms with Crippen LogP contribution in [-0.4, -0.2) is 42.8 Å². The van der Waals surface area contributed by atoms with Gasteiger partial charge in [-0.3, -0.25) is 9.78 Å². The molecule has 0 radical (unpaired) electrons. The van der Waals surface area contributed by atoms with Crippen molar-refractivity contribution in [2.24, 2.45) is 0 Å². The minimum atomic E-state index is -0.431. The van der Waals surface area contributed by atoms with Gasteiger partial charge in [-0.05, 0) is 66.8 Å². The molecule has 3 heterocycles. The van der Waals surface area contributed by atoms with Gasteiger partial charge < -0.3 is 29.4 Å². The lowest BCUT2D eigenvalue weighted by molar-refractivity contribution is -0.119. The molecule has 1 amide bonds. The Kier molecular flexibility index (Phi) is 8.11. The fraction of sp³-hybridized carbons (Fsp3) is 0.172. The van der Waals surface area contributed by atoms with Gasteiger partial charge in [0.1, 0.15) is 24.2 Å². The molecule has 2 aromatic heterocycles. The van der Waals surface area contributed by atoms with E-state index in [1.807, 2.05) is 47.4 Å². The molecule has 9 nitrogen and oxygen atoms in total. The molecule has 1 aliphatic heterocycles. The van der Waals surface area contributed by atoms with Crippen LogP contribution in [0.1, 0.15) is 33.9 Å². The van der Waals surface area contributed by atoms with Crippen LogP contribution in [0.15, 0.2) is 83.4 Å². The zero-order valence-corrected chi connectivity index (χ0v) is 23.2. The lowest BCUT2D eigenvalue weighted by atomic mass is 10.0. The van der Waals surface area contributed by atoms with Gasteiger partial charge >= 0.3 is 5.97 Å². The number of amides is 1. The first-order valence-electron chi connectivity index (χ1n) is 12.3. The molecule has 204 valence electrons. The zero-order valence-electron chi connectivity index (χ0n) is 21.6. The van der Waals surface area contributed by atoms with Gasteiger partial charge in [0.2, 0.25) is 5.91 Å². The quantitative estimate of drug-likeness (QED) is 0.206. The summed E-state index contributed by atoms with van der Waals surface area (Å²) in [4.78, 5) is 30.5. The predicted molar refractivity (Wildman–Crippen MR) is 155 cm³/mol. The van der Waals surface area contributed by atoms with Crippen LogP contribution in [0.25, 0.3) is 11.3 Å². The van der Waals surface area contributed by atoms with E-state index in [0.717, 1.165) is 11.3 Å². The van der Waals surface area contributed by atoms with Crippen LogP contribution in [0.5, 0.6) is 0 Å². The van der Waals surface area contributed by atoms with E-state index in [-0.39, 0.29) is 18.6 Å². The van der Waals surface area contributed by atoms with Crippen molar-refractivity contribution < 1.29 is 23.5 Å². The van der Waals surface area contributed by atoms with Gasteiger partial charge in [-0.2, -0.15) is 0 Å². The summed E-state index contributed by atoms with van der Waals surface area (Å²) in [5.74, 6) is 0.449. The normalized spacial score (nSPS) is 16.5. The predicted octanol–water partition coefficient (Wildman–Crippen LogP) is 5.54. The molecule has 2 N–H and O–H groups in total. The van der Waals surface area contributed by atoms with E-state index in [2.05, 4.69) is 15.6 Å². The number of pyridine rings is 1. The standard InChI is InChI=1S/C29H25ClN4O5S/c1-37-16-25(35)32-21-10-9-19(15-20(21)30)34-27(26(33-29(34)40)22-8-3-4-13-31-22)24-12-11-23(39-24)17-6-5-7-18(14-17)28(36)38-2/h3-15,26-27H,16H2,1-2H3,(H,32,35)(H,33,40)/t26-,27+/m1/s1. The number of ether oxygens (including phenoxy) is 2. The number of furan rings is 1. The Bertz CT molecular complexity index is 1560. The Morgan fingerprint density at radius 2 is 1.95 bits per heavy atom. The summed E-state index contributed by atoms with van der Waals surface area (Å²) < 4.78 is 16.1. The molecule has 5 rings (SSSR count). The van der Waals surface area contributed by atoms with Gasteiger partial charge in [0.15, 0.2) is 5.11 Å². The smallest absolute Gasteiger partial charge is 0.337 e. The van der Waals surface area contributed by atoms with Gasteiger partial charge in [0.05, 0.1) is 35.1 Å². The Hall–Kier alpha value is -4.25. The summed E-state index contributed by atoms with van der Waals surface area (Å²) in [5, 5.41) is 6.90. The molecule has 1 fully saturated rings. The van der Waals surface area contributed by atoms with Gasteiger partial charge in [0, 0.05) is 24.6 Å². The summed E-state index contributed by atoms with van der Waals surface area (Å²) in [6.45, 7) is -0.0879. The molecule has 0 saturated carbocycles. The highest BCUT2D eigenvalue weighted by Gasteiger charge is 2.42. The highest BCUT2D eigenvalue weighted by Crippen LogP contribution is 2.44. The van der Waals surface area contributed by atoms with E-state index < -0.39 is 12.0 Å². The Morgan fingerprint density at radius 3 is 2.67 bits per heavy atom. The average Bonchev–Trinajstić information content (AvgIpc) is 3.59. The van der Waals surface area contributed by atoms with Crippen LogP contribution in [0, 0.1) is 0 Å². The number of hydrogen-bond acceptors (Lipinski definition) is 7. The van der Waals surface area contributed by atoms with E-state index in [0.29, 0.717) is 38.6 Å². The number of carbonyl (C=O) groups is 2. The van der Waals surface area contributed by atoms with Crippen molar-refractivity contribution >= 4 is 52.2 Å². The SMILES string of the molecule is COCC(=O)Nc1ccc(N2C(=S)N[C@H](c3ccccn3)[C@@H]2c2ccc(-c3cccc(C(=O)OC)c3)o2)cc1Cl. The lowest BCUT2D eigenvalue weighted by Gasteiger charge is -2.26. The van der Waals surface area contributed by atoms with Crippen LogP contribution in [0.3, 0.4) is 0 Å². The Labute approximate surface area is 241 Å². The van der Waals surface area contributed by atoms with Gasteiger partial charge in [0.25, 0.3) is 0 Å². The zero-order chi connectivity index (χ0) is 28.2.